The van der Waals surface area contributed by atoms with E-state index >= 15 is 0 Å². The van der Waals surface area contributed by atoms with Gasteiger partial charge < -0.3 is 14.6 Å². The van der Waals surface area contributed by atoms with Crippen molar-refractivity contribution in [3.05, 3.63) is 16.2 Å². The summed E-state index contributed by atoms with van der Waals surface area (Å²) < 4.78 is 10.6. The molecule has 2 aromatic heterocycles. The smallest absolute Gasteiger partial charge is 0.277 e. The SMILES string of the molecule is Cc1nc(-c2nc(C3COCCN3)no2)cs1. The Bertz CT molecular complexity index is 504. The van der Waals surface area contributed by atoms with Gasteiger partial charge in [0.05, 0.1) is 24.3 Å². The van der Waals surface area contributed by atoms with Crippen LogP contribution in [0.3, 0.4) is 0 Å². The maximum absolute atomic E-state index is 5.36. The summed E-state index contributed by atoms with van der Waals surface area (Å²) >= 11 is 1.56. The van der Waals surface area contributed by atoms with Crippen LogP contribution >= 0.6 is 11.3 Å². The Hall–Kier alpha value is -1.31. The summed E-state index contributed by atoms with van der Waals surface area (Å²) in [4.78, 5) is 8.65. The number of thiazole rings is 1. The van der Waals surface area contributed by atoms with Gasteiger partial charge in [0.15, 0.2) is 5.82 Å². The molecule has 7 heteroatoms. The third kappa shape index (κ3) is 2.21. The molecule has 0 aromatic carbocycles. The number of morpholine rings is 1. The molecule has 1 atom stereocenters. The van der Waals surface area contributed by atoms with Gasteiger partial charge in [-0.25, -0.2) is 4.98 Å². The largest absolute Gasteiger partial charge is 0.378 e. The third-order valence-corrected chi connectivity index (χ3v) is 3.29. The number of hydrogen-bond acceptors (Lipinski definition) is 7. The van der Waals surface area contributed by atoms with Gasteiger partial charge >= 0.3 is 0 Å². The molecule has 0 saturated carbocycles. The van der Waals surface area contributed by atoms with Crippen molar-refractivity contribution in [1.82, 2.24) is 20.4 Å². The Morgan fingerprint density at radius 3 is 3.12 bits per heavy atom. The van der Waals surface area contributed by atoms with E-state index in [-0.39, 0.29) is 6.04 Å². The first kappa shape index (κ1) is 10.8. The summed E-state index contributed by atoms with van der Waals surface area (Å²) in [6.45, 7) is 4.06. The molecule has 1 fully saturated rings. The highest BCUT2D eigenvalue weighted by Gasteiger charge is 2.21. The van der Waals surface area contributed by atoms with Crippen LogP contribution in [0.25, 0.3) is 11.6 Å². The van der Waals surface area contributed by atoms with E-state index in [0.29, 0.717) is 18.3 Å². The molecule has 3 rings (SSSR count). The van der Waals surface area contributed by atoms with Crippen LogP contribution < -0.4 is 5.32 Å². The number of nitrogens with zero attached hydrogens (tertiary/aromatic N) is 3. The van der Waals surface area contributed by atoms with Crippen LogP contribution in [0.2, 0.25) is 0 Å². The molecule has 0 bridgehead atoms. The first-order valence-corrected chi connectivity index (χ1v) is 6.28. The molecule has 1 aliphatic heterocycles. The standard InChI is InChI=1S/C10H12N4O2S/c1-6-12-8(5-17-6)10-13-9(14-16-10)7-4-15-3-2-11-7/h5,7,11H,2-4H2,1H3. The Balaban J connectivity index is 1.82. The quantitative estimate of drug-likeness (QED) is 0.864. The van der Waals surface area contributed by atoms with Crippen LogP contribution in [0.15, 0.2) is 9.90 Å². The lowest BCUT2D eigenvalue weighted by molar-refractivity contribution is 0.0734. The minimum atomic E-state index is 0.0148. The number of hydrogen-bond donors (Lipinski definition) is 1. The zero-order chi connectivity index (χ0) is 11.7. The minimum absolute atomic E-state index is 0.0148. The van der Waals surface area contributed by atoms with Gasteiger partial charge in [0.1, 0.15) is 5.69 Å². The van der Waals surface area contributed by atoms with Crippen LogP contribution in [0.5, 0.6) is 0 Å². The highest BCUT2D eigenvalue weighted by atomic mass is 32.1. The maximum Gasteiger partial charge on any atom is 0.277 e. The topological polar surface area (TPSA) is 73.1 Å². The Labute approximate surface area is 102 Å². The number of ether oxygens (including phenoxy) is 1. The zero-order valence-corrected chi connectivity index (χ0v) is 10.2. The molecular weight excluding hydrogens is 240 g/mol. The van der Waals surface area contributed by atoms with Gasteiger partial charge in [0.2, 0.25) is 0 Å². The fourth-order valence-corrected chi connectivity index (χ4v) is 2.26. The van der Waals surface area contributed by atoms with E-state index in [0.717, 1.165) is 23.9 Å². The molecule has 17 heavy (non-hydrogen) atoms. The fourth-order valence-electron chi connectivity index (χ4n) is 1.67. The highest BCUT2D eigenvalue weighted by Crippen LogP contribution is 2.21. The Kier molecular flexibility index (Phi) is 2.87. The van der Waals surface area contributed by atoms with E-state index < -0.39 is 0 Å². The predicted molar refractivity (Wildman–Crippen MR) is 61.7 cm³/mol. The van der Waals surface area contributed by atoms with Crippen molar-refractivity contribution in [3.63, 3.8) is 0 Å². The molecule has 0 spiro atoms. The minimum Gasteiger partial charge on any atom is -0.378 e. The monoisotopic (exact) mass is 252 g/mol. The van der Waals surface area contributed by atoms with Crippen LogP contribution in [-0.4, -0.2) is 34.9 Å². The first-order chi connectivity index (χ1) is 8.33. The van der Waals surface area contributed by atoms with Crippen molar-refractivity contribution in [2.24, 2.45) is 0 Å². The van der Waals surface area contributed by atoms with E-state index in [2.05, 4.69) is 20.4 Å². The van der Waals surface area contributed by atoms with Crippen molar-refractivity contribution in [2.45, 2.75) is 13.0 Å². The van der Waals surface area contributed by atoms with E-state index in [1.165, 1.54) is 0 Å². The van der Waals surface area contributed by atoms with Gasteiger partial charge in [-0.3, -0.25) is 0 Å². The summed E-state index contributed by atoms with van der Waals surface area (Å²) in [7, 11) is 0. The highest BCUT2D eigenvalue weighted by molar-refractivity contribution is 7.09. The number of aromatic nitrogens is 3. The van der Waals surface area contributed by atoms with E-state index in [9.17, 15) is 0 Å². The molecule has 1 saturated heterocycles. The summed E-state index contributed by atoms with van der Waals surface area (Å²) in [5.41, 5.74) is 0.739. The first-order valence-electron chi connectivity index (χ1n) is 5.40. The number of rotatable bonds is 2. The Morgan fingerprint density at radius 1 is 1.47 bits per heavy atom. The molecule has 0 aliphatic carbocycles. The van der Waals surface area contributed by atoms with Crippen LogP contribution in [-0.2, 0) is 4.74 Å². The van der Waals surface area contributed by atoms with Gasteiger partial charge in [-0.15, -0.1) is 11.3 Å². The molecule has 0 amide bonds. The van der Waals surface area contributed by atoms with Gasteiger partial charge in [-0.2, -0.15) is 4.98 Å². The van der Waals surface area contributed by atoms with Crippen molar-refractivity contribution in [3.8, 4) is 11.6 Å². The molecule has 1 unspecified atom stereocenters. The van der Waals surface area contributed by atoms with Gasteiger partial charge in [-0.1, -0.05) is 5.16 Å². The predicted octanol–water partition coefficient (Wildman–Crippen LogP) is 1.16. The van der Waals surface area contributed by atoms with Gasteiger partial charge in [0.25, 0.3) is 5.89 Å². The van der Waals surface area contributed by atoms with Crippen molar-refractivity contribution in [2.75, 3.05) is 19.8 Å². The van der Waals surface area contributed by atoms with Gasteiger partial charge in [0, 0.05) is 11.9 Å². The third-order valence-electron chi connectivity index (χ3n) is 2.51. The second-order valence-electron chi connectivity index (χ2n) is 3.79. The van der Waals surface area contributed by atoms with Crippen LogP contribution in [0.4, 0.5) is 0 Å². The molecule has 90 valence electrons. The van der Waals surface area contributed by atoms with Crippen molar-refractivity contribution in [1.29, 1.82) is 0 Å². The van der Waals surface area contributed by atoms with E-state index in [1.807, 2.05) is 12.3 Å². The van der Waals surface area contributed by atoms with Crippen molar-refractivity contribution >= 4 is 11.3 Å². The second kappa shape index (κ2) is 4.52. The summed E-state index contributed by atoms with van der Waals surface area (Å²) in [5.74, 6) is 1.10. The van der Waals surface area contributed by atoms with Crippen LogP contribution in [0, 0.1) is 6.92 Å². The maximum atomic E-state index is 5.36. The molecule has 1 aliphatic rings. The molecule has 2 aromatic rings. The van der Waals surface area contributed by atoms with Crippen LogP contribution in [0.1, 0.15) is 16.9 Å². The second-order valence-corrected chi connectivity index (χ2v) is 4.85. The normalized spacial score (nSPS) is 20.6. The fraction of sp³-hybridized carbons (Fsp3) is 0.500. The summed E-state index contributed by atoms with van der Waals surface area (Å²) in [6.07, 6.45) is 0. The molecule has 3 heterocycles. The average Bonchev–Trinajstić information content (AvgIpc) is 2.98. The lowest BCUT2D eigenvalue weighted by Gasteiger charge is -2.20. The average molecular weight is 252 g/mol. The summed E-state index contributed by atoms with van der Waals surface area (Å²) in [5, 5.41) is 10.1. The molecular formula is C10H12N4O2S. The van der Waals surface area contributed by atoms with Crippen molar-refractivity contribution < 1.29 is 9.26 Å². The lowest BCUT2D eigenvalue weighted by Crippen LogP contribution is -2.35. The molecule has 6 nitrogen and oxygen atoms in total. The van der Waals surface area contributed by atoms with Gasteiger partial charge in [-0.05, 0) is 6.92 Å². The molecule has 1 N–H and O–H groups in total. The van der Waals surface area contributed by atoms with E-state index in [4.69, 9.17) is 9.26 Å². The Morgan fingerprint density at radius 2 is 2.41 bits per heavy atom. The molecule has 0 radical (unpaired) electrons. The zero-order valence-electron chi connectivity index (χ0n) is 9.34. The van der Waals surface area contributed by atoms with E-state index in [1.54, 1.807) is 11.3 Å². The number of nitrogens with one attached hydrogen (secondary N) is 1. The number of aryl methyl sites for hydroxylation is 1. The summed E-state index contributed by atoms with van der Waals surface area (Å²) in [6, 6.07) is 0.0148. The lowest BCUT2D eigenvalue weighted by atomic mass is 10.2.